The number of amides is 2. The minimum Gasteiger partial charge on any atom is -0.354 e. The zero-order valence-electron chi connectivity index (χ0n) is 14.1. The fourth-order valence-electron chi connectivity index (χ4n) is 2.60. The monoisotopic (exact) mass is 353 g/mol. The molecule has 0 saturated heterocycles. The zero-order chi connectivity index (χ0) is 17.9. The van der Waals surface area contributed by atoms with E-state index < -0.39 is 16.1 Å². The summed E-state index contributed by atoms with van der Waals surface area (Å²) in [6.45, 7) is 4.53. The van der Waals surface area contributed by atoms with Crippen LogP contribution in [0.3, 0.4) is 0 Å². The third-order valence-corrected chi connectivity index (χ3v) is 5.06. The SMILES string of the molecule is CCCNC(=O)C(C)NC(=O)c1ccc2c(c1)CCN2S(C)(=O)=O. The first kappa shape index (κ1) is 18.3. The van der Waals surface area contributed by atoms with E-state index in [0.29, 0.717) is 30.8 Å². The van der Waals surface area contributed by atoms with Crippen LogP contribution in [0.25, 0.3) is 0 Å². The van der Waals surface area contributed by atoms with Crippen molar-refractivity contribution in [3.63, 3.8) is 0 Å². The number of fused-ring (bicyclic) bond motifs is 1. The van der Waals surface area contributed by atoms with E-state index in [-0.39, 0.29) is 11.8 Å². The Balaban J connectivity index is 2.09. The number of carbonyl (C=O) groups is 2. The molecule has 0 aromatic heterocycles. The van der Waals surface area contributed by atoms with Crippen molar-refractivity contribution in [3.8, 4) is 0 Å². The van der Waals surface area contributed by atoms with Gasteiger partial charge in [0.1, 0.15) is 6.04 Å². The molecule has 2 rings (SSSR count). The summed E-state index contributed by atoms with van der Waals surface area (Å²) in [6, 6.07) is 4.27. The number of nitrogens with one attached hydrogen (secondary N) is 2. The molecular formula is C16H23N3O4S. The first-order valence-corrected chi connectivity index (χ1v) is 9.78. The Morgan fingerprint density at radius 3 is 2.67 bits per heavy atom. The number of hydrogen-bond acceptors (Lipinski definition) is 4. The molecular weight excluding hydrogens is 330 g/mol. The van der Waals surface area contributed by atoms with Crippen molar-refractivity contribution < 1.29 is 18.0 Å². The number of carbonyl (C=O) groups excluding carboxylic acids is 2. The fraction of sp³-hybridized carbons (Fsp3) is 0.500. The highest BCUT2D eigenvalue weighted by atomic mass is 32.2. The highest BCUT2D eigenvalue weighted by Gasteiger charge is 2.27. The van der Waals surface area contributed by atoms with Gasteiger partial charge in [0.25, 0.3) is 5.91 Å². The Morgan fingerprint density at radius 1 is 1.33 bits per heavy atom. The smallest absolute Gasteiger partial charge is 0.251 e. The van der Waals surface area contributed by atoms with E-state index in [1.807, 2.05) is 6.92 Å². The molecule has 0 spiro atoms. The summed E-state index contributed by atoms with van der Waals surface area (Å²) in [5.74, 6) is -0.579. The Labute approximate surface area is 142 Å². The predicted octanol–water partition coefficient (Wildman–Crippen LogP) is 0.653. The molecule has 7 nitrogen and oxygen atoms in total. The molecule has 0 bridgehead atoms. The van der Waals surface area contributed by atoms with Crippen LogP contribution in [-0.2, 0) is 21.2 Å². The number of rotatable bonds is 6. The van der Waals surface area contributed by atoms with Gasteiger partial charge in [0.05, 0.1) is 11.9 Å². The minimum absolute atomic E-state index is 0.227. The second-order valence-electron chi connectivity index (χ2n) is 5.91. The van der Waals surface area contributed by atoms with Crippen LogP contribution in [0, 0.1) is 0 Å². The van der Waals surface area contributed by atoms with Crippen LogP contribution in [0.2, 0.25) is 0 Å². The maximum absolute atomic E-state index is 12.3. The van der Waals surface area contributed by atoms with Gasteiger partial charge in [-0.15, -0.1) is 0 Å². The van der Waals surface area contributed by atoms with Gasteiger partial charge >= 0.3 is 0 Å². The third kappa shape index (κ3) is 4.05. The average Bonchev–Trinajstić information content (AvgIpc) is 2.95. The lowest BCUT2D eigenvalue weighted by atomic mass is 10.1. The summed E-state index contributed by atoms with van der Waals surface area (Å²) in [4.78, 5) is 24.1. The van der Waals surface area contributed by atoms with E-state index in [1.165, 1.54) is 10.6 Å². The molecule has 1 aromatic carbocycles. The third-order valence-electron chi connectivity index (χ3n) is 3.89. The van der Waals surface area contributed by atoms with Crippen molar-refractivity contribution >= 4 is 27.5 Å². The number of nitrogens with zero attached hydrogens (tertiary/aromatic N) is 1. The first-order chi connectivity index (χ1) is 11.2. The number of anilines is 1. The summed E-state index contributed by atoms with van der Waals surface area (Å²) < 4.78 is 24.8. The number of benzene rings is 1. The van der Waals surface area contributed by atoms with Crippen LogP contribution in [0.15, 0.2) is 18.2 Å². The Kier molecular flexibility index (Phi) is 5.48. The van der Waals surface area contributed by atoms with Crippen molar-refractivity contribution in [2.24, 2.45) is 0 Å². The second kappa shape index (κ2) is 7.21. The summed E-state index contributed by atoms with van der Waals surface area (Å²) in [5.41, 5.74) is 1.85. The van der Waals surface area contributed by atoms with E-state index in [0.717, 1.165) is 12.0 Å². The number of sulfonamides is 1. The van der Waals surface area contributed by atoms with Crippen LogP contribution in [0.1, 0.15) is 36.2 Å². The van der Waals surface area contributed by atoms with Gasteiger partial charge in [0.15, 0.2) is 0 Å². The molecule has 24 heavy (non-hydrogen) atoms. The zero-order valence-corrected chi connectivity index (χ0v) is 14.9. The standard InChI is InChI=1S/C16H23N3O4S/c1-4-8-17-15(20)11(2)18-16(21)13-5-6-14-12(10-13)7-9-19(14)24(3,22)23/h5-6,10-11H,4,7-9H2,1-3H3,(H,17,20)(H,18,21). The highest BCUT2D eigenvalue weighted by molar-refractivity contribution is 7.92. The van der Waals surface area contributed by atoms with Gasteiger partial charge in [0, 0.05) is 18.7 Å². The fourth-order valence-corrected chi connectivity index (χ4v) is 3.56. The molecule has 1 unspecified atom stereocenters. The van der Waals surface area contributed by atoms with Crippen molar-refractivity contribution in [2.75, 3.05) is 23.7 Å². The van der Waals surface area contributed by atoms with E-state index in [2.05, 4.69) is 10.6 Å². The second-order valence-corrected chi connectivity index (χ2v) is 7.82. The highest BCUT2D eigenvalue weighted by Crippen LogP contribution is 2.30. The number of hydrogen-bond donors (Lipinski definition) is 2. The van der Waals surface area contributed by atoms with Crippen LogP contribution < -0.4 is 14.9 Å². The summed E-state index contributed by atoms with van der Waals surface area (Å²) >= 11 is 0. The van der Waals surface area contributed by atoms with Crippen LogP contribution in [0.4, 0.5) is 5.69 Å². The lowest BCUT2D eigenvalue weighted by Crippen LogP contribution is -2.45. The quantitative estimate of drug-likeness (QED) is 0.785. The van der Waals surface area contributed by atoms with E-state index in [1.54, 1.807) is 25.1 Å². The van der Waals surface area contributed by atoms with Crippen molar-refractivity contribution in [1.82, 2.24) is 10.6 Å². The Hall–Kier alpha value is -2.09. The molecule has 132 valence electrons. The molecule has 0 saturated carbocycles. The van der Waals surface area contributed by atoms with Gasteiger partial charge in [-0.3, -0.25) is 13.9 Å². The Bertz CT molecular complexity index is 746. The maximum atomic E-state index is 12.3. The lowest BCUT2D eigenvalue weighted by Gasteiger charge is -2.17. The summed E-state index contributed by atoms with van der Waals surface area (Å²) in [7, 11) is -3.31. The van der Waals surface area contributed by atoms with Gasteiger partial charge < -0.3 is 10.6 Å². The molecule has 0 fully saturated rings. The minimum atomic E-state index is -3.31. The molecule has 2 amide bonds. The van der Waals surface area contributed by atoms with Crippen molar-refractivity contribution in [3.05, 3.63) is 29.3 Å². The van der Waals surface area contributed by atoms with E-state index in [4.69, 9.17) is 0 Å². The lowest BCUT2D eigenvalue weighted by molar-refractivity contribution is -0.122. The molecule has 0 aliphatic carbocycles. The van der Waals surface area contributed by atoms with Crippen molar-refractivity contribution in [1.29, 1.82) is 0 Å². The summed E-state index contributed by atoms with van der Waals surface area (Å²) in [5, 5.41) is 5.38. The molecule has 1 aliphatic heterocycles. The molecule has 2 N–H and O–H groups in total. The van der Waals surface area contributed by atoms with Crippen molar-refractivity contribution in [2.45, 2.75) is 32.7 Å². The average molecular weight is 353 g/mol. The molecule has 1 atom stereocenters. The van der Waals surface area contributed by atoms with Gasteiger partial charge in [-0.1, -0.05) is 6.92 Å². The maximum Gasteiger partial charge on any atom is 0.251 e. The van der Waals surface area contributed by atoms with Crippen LogP contribution in [0.5, 0.6) is 0 Å². The van der Waals surface area contributed by atoms with Gasteiger partial charge in [-0.25, -0.2) is 8.42 Å². The molecule has 1 heterocycles. The summed E-state index contributed by atoms with van der Waals surface area (Å²) in [6.07, 6.45) is 2.56. The van der Waals surface area contributed by atoms with Gasteiger partial charge in [0.2, 0.25) is 15.9 Å². The normalized spacial score (nSPS) is 14.9. The van der Waals surface area contributed by atoms with Crippen LogP contribution >= 0.6 is 0 Å². The molecule has 0 radical (unpaired) electrons. The Morgan fingerprint density at radius 2 is 2.04 bits per heavy atom. The molecule has 8 heteroatoms. The van der Waals surface area contributed by atoms with Crippen LogP contribution in [-0.4, -0.2) is 45.6 Å². The molecule has 1 aliphatic rings. The first-order valence-electron chi connectivity index (χ1n) is 7.93. The van der Waals surface area contributed by atoms with Gasteiger partial charge in [-0.05, 0) is 43.5 Å². The van der Waals surface area contributed by atoms with E-state index >= 15 is 0 Å². The van der Waals surface area contributed by atoms with E-state index in [9.17, 15) is 18.0 Å². The predicted molar refractivity (Wildman–Crippen MR) is 92.6 cm³/mol. The topological polar surface area (TPSA) is 95.6 Å². The van der Waals surface area contributed by atoms with Gasteiger partial charge in [-0.2, -0.15) is 0 Å². The molecule has 1 aromatic rings. The largest absolute Gasteiger partial charge is 0.354 e.